The summed E-state index contributed by atoms with van der Waals surface area (Å²) in [5.41, 5.74) is 0.673. The minimum absolute atomic E-state index is 0.0144. The number of anilines is 1. The molecule has 2 aliphatic heterocycles. The van der Waals surface area contributed by atoms with Gasteiger partial charge in [-0.25, -0.2) is 0 Å². The van der Waals surface area contributed by atoms with Crippen LogP contribution in [0.1, 0.15) is 10.4 Å². The van der Waals surface area contributed by atoms with E-state index in [1.807, 2.05) is 41.2 Å². The van der Waals surface area contributed by atoms with Crippen LogP contribution in [0.3, 0.4) is 0 Å². The maximum Gasteiger partial charge on any atom is 0.253 e. The molecule has 2 saturated heterocycles. The fourth-order valence-corrected chi connectivity index (χ4v) is 4.47. The van der Waals surface area contributed by atoms with Gasteiger partial charge in [-0.05, 0) is 19.1 Å². The summed E-state index contributed by atoms with van der Waals surface area (Å²) >= 11 is 1.64. The van der Waals surface area contributed by atoms with Crippen molar-refractivity contribution in [3.8, 4) is 0 Å². The number of carbonyl (C=O) groups is 1. The Morgan fingerprint density at radius 1 is 1.35 bits per heavy atom. The normalized spacial score (nSPS) is 25.0. The van der Waals surface area contributed by atoms with Gasteiger partial charge in [0.15, 0.2) is 0 Å². The lowest BCUT2D eigenvalue weighted by Gasteiger charge is -2.42. The molecule has 140 valence electrons. The van der Waals surface area contributed by atoms with Gasteiger partial charge in [0.1, 0.15) is 12.2 Å². The fraction of sp³-hybridized carbons (Fsp3) is 0.556. The number of carbonyl (C=O) groups excluding carboxylic acids is 1. The molecule has 2 aliphatic rings. The van der Waals surface area contributed by atoms with Gasteiger partial charge in [0.05, 0.1) is 31.0 Å². The molecule has 4 heterocycles. The molecule has 0 N–H and O–H groups in total. The van der Waals surface area contributed by atoms with Crippen molar-refractivity contribution >= 4 is 22.2 Å². The SMILES string of the molecule is Cc1ccc(N2C[C@@]3(COCCN(Cc4cnn(C)c4)C3)OCC2=O)s1. The van der Waals surface area contributed by atoms with Gasteiger partial charge >= 0.3 is 0 Å². The molecule has 26 heavy (non-hydrogen) atoms. The second-order valence-corrected chi connectivity index (χ2v) is 8.39. The highest BCUT2D eigenvalue weighted by Gasteiger charge is 2.43. The highest BCUT2D eigenvalue weighted by molar-refractivity contribution is 7.16. The molecule has 2 aromatic rings. The number of thiophene rings is 1. The number of morpholine rings is 1. The van der Waals surface area contributed by atoms with Gasteiger partial charge in [0.25, 0.3) is 5.91 Å². The van der Waals surface area contributed by atoms with Crippen LogP contribution in [0.4, 0.5) is 5.00 Å². The quantitative estimate of drug-likeness (QED) is 0.811. The molecule has 0 bridgehead atoms. The molecular formula is C18H24N4O3S. The number of hydrogen-bond donors (Lipinski definition) is 0. The molecule has 7 nitrogen and oxygen atoms in total. The van der Waals surface area contributed by atoms with Crippen LogP contribution in [0, 0.1) is 6.92 Å². The predicted octanol–water partition coefficient (Wildman–Crippen LogP) is 1.42. The van der Waals surface area contributed by atoms with E-state index in [-0.39, 0.29) is 12.5 Å². The first-order chi connectivity index (χ1) is 12.5. The van der Waals surface area contributed by atoms with E-state index in [4.69, 9.17) is 9.47 Å². The molecule has 2 aromatic heterocycles. The number of rotatable bonds is 3. The van der Waals surface area contributed by atoms with Gasteiger partial charge in [-0.3, -0.25) is 19.3 Å². The monoisotopic (exact) mass is 376 g/mol. The number of aryl methyl sites for hydroxylation is 2. The van der Waals surface area contributed by atoms with Gasteiger partial charge in [-0.15, -0.1) is 11.3 Å². The summed E-state index contributed by atoms with van der Waals surface area (Å²) in [5.74, 6) is 0.0144. The minimum Gasteiger partial charge on any atom is -0.377 e. The molecule has 2 fully saturated rings. The molecule has 4 rings (SSSR count). The van der Waals surface area contributed by atoms with Crippen LogP contribution in [-0.2, 0) is 27.9 Å². The average Bonchev–Trinajstić information content (AvgIpc) is 3.16. The Balaban J connectivity index is 1.52. The summed E-state index contributed by atoms with van der Waals surface area (Å²) in [6, 6.07) is 4.07. The van der Waals surface area contributed by atoms with Crippen molar-refractivity contribution in [3.05, 3.63) is 35.0 Å². The number of ether oxygens (including phenoxy) is 2. The predicted molar refractivity (Wildman–Crippen MR) is 99.4 cm³/mol. The highest BCUT2D eigenvalue weighted by Crippen LogP contribution is 2.31. The maximum absolute atomic E-state index is 12.4. The molecule has 0 aliphatic carbocycles. The number of hydrogen-bond acceptors (Lipinski definition) is 6. The third-order valence-electron chi connectivity index (χ3n) is 4.83. The largest absolute Gasteiger partial charge is 0.377 e. The van der Waals surface area contributed by atoms with Crippen molar-refractivity contribution in [1.82, 2.24) is 14.7 Å². The topological polar surface area (TPSA) is 59.8 Å². The number of nitrogens with zero attached hydrogens (tertiary/aromatic N) is 4. The lowest BCUT2D eigenvalue weighted by molar-refractivity contribution is -0.146. The van der Waals surface area contributed by atoms with Crippen LogP contribution < -0.4 is 4.90 Å². The van der Waals surface area contributed by atoms with Crippen LogP contribution in [0.5, 0.6) is 0 Å². The molecule has 8 heteroatoms. The first kappa shape index (κ1) is 17.7. The van der Waals surface area contributed by atoms with E-state index in [2.05, 4.69) is 16.9 Å². The van der Waals surface area contributed by atoms with Gasteiger partial charge in [0, 0.05) is 43.3 Å². The summed E-state index contributed by atoms with van der Waals surface area (Å²) in [4.78, 5) is 17.8. The van der Waals surface area contributed by atoms with E-state index in [0.717, 1.165) is 24.6 Å². The fourth-order valence-electron chi connectivity index (χ4n) is 3.60. The summed E-state index contributed by atoms with van der Waals surface area (Å²) < 4.78 is 13.7. The lowest BCUT2D eigenvalue weighted by Crippen LogP contribution is -2.60. The smallest absolute Gasteiger partial charge is 0.253 e. The Hall–Kier alpha value is -1.74. The molecule has 1 spiro atoms. The first-order valence-corrected chi connectivity index (χ1v) is 9.63. The summed E-state index contributed by atoms with van der Waals surface area (Å²) in [6.45, 7) is 6.22. The van der Waals surface area contributed by atoms with Crippen LogP contribution >= 0.6 is 11.3 Å². The first-order valence-electron chi connectivity index (χ1n) is 8.81. The summed E-state index contributed by atoms with van der Waals surface area (Å²) in [7, 11) is 1.92. The van der Waals surface area contributed by atoms with E-state index in [1.165, 1.54) is 10.4 Å². The van der Waals surface area contributed by atoms with Gasteiger partial charge in [-0.2, -0.15) is 5.10 Å². The molecular weight excluding hydrogens is 352 g/mol. The third kappa shape index (κ3) is 3.68. The highest BCUT2D eigenvalue weighted by atomic mass is 32.1. The third-order valence-corrected chi connectivity index (χ3v) is 5.86. The molecule has 0 unspecified atom stereocenters. The van der Waals surface area contributed by atoms with Crippen molar-refractivity contribution in [2.45, 2.75) is 19.1 Å². The Morgan fingerprint density at radius 2 is 2.23 bits per heavy atom. The Labute approximate surface area is 157 Å². The zero-order valence-electron chi connectivity index (χ0n) is 15.2. The minimum atomic E-state index is -0.496. The van der Waals surface area contributed by atoms with E-state index in [1.54, 1.807) is 11.3 Å². The maximum atomic E-state index is 12.4. The van der Waals surface area contributed by atoms with Crippen LogP contribution in [-0.4, -0.2) is 65.6 Å². The Kier molecular flexibility index (Phi) is 4.83. The van der Waals surface area contributed by atoms with Crippen molar-refractivity contribution in [2.24, 2.45) is 7.05 Å². The molecule has 0 radical (unpaired) electrons. The second-order valence-electron chi connectivity index (χ2n) is 7.12. The van der Waals surface area contributed by atoms with Gasteiger partial charge in [-0.1, -0.05) is 0 Å². The van der Waals surface area contributed by atoms with Crippen molar-refractivity contribution in [2.75, 3.05) is 44.4 Å². The molecule has 1 amide bonds. The molecule has 0 aromatic carbocycles. The zero-order valence-corrected chi connectivity index (χ0v) is 16.0. The van der Waals surface area contributed by atoms with Crippen molar-refractivity contribution in [3.63, 3.8) is 0 Å². The summed E-state index contributed by atoms with van der Waals surface area (Å²) in [5, 5.41) is 5.23. The molecule has 1 atom stereocenters. The molecule has 0 saturated carbocycles. The van der Waals surface area contributed by atoms with Crippen LogP contribution in [0.2, 0.25) is 0 Å². The van der Waals surface area contributed by atoms with Gasteiger partial charge < -0.3 is 9.47 Å². The Bertz CT molecular complexity index is 789. The second kappa shape index (κ2) is 7.11. The van der Waals surface area contributed by atoms with Crippen LogP contribution in [0.15, 0.2) is 24.5 Å². The summed E-state index contributed by atoms with van der Waals surface area (Å²) in [6.07, 6.45) is 3.93. The average molecular weight is 376 g/mol. The van der Waals surface area contributed by atoms with Crippen LogP contribution in [0.25, 0.3) is 0 Å². The lowest BCUT2D eigenvalue weighted by atomic mass is 10.0. The van der Waals surface area contributed by atoms with Crippen molar-refractivity contribution in [1.29, 1.82) is 0 Å². The zero-order chi connectivity index (χ0) is 18.1. The number of aromatic nitrogens is 2. The van der Waals surface area contributed by atoms with E-state index >= 15 is 0 Å². The van der Waals surface area contributed by atoms with E-state index in [9.17, 15) is 4.79 Å². The van der Waals surface area contributed by atoms with E-state index < -0.39 is 5.60 Å². The van der Waals surface area contributed by atoms with E-state index in [0.29, 0.717) is 19.8 Å². The van der Waals surface area contributed by atoms with Crippen molar-refractivity contribution < 1.29 is 14.3 Å². The van der Waals surface area contributed by atoms with Gasteiger partial charge in [0.2, 0.25) is 0 Å². The standard InChI is InChI=1S/C18H24N4O3S/c1-14-3-4-17(26-14)22-12-18(25-10-16(22)23)11-21(5-6-24-13-18)9-15-7-19-20(2)8-15/h3-4,7-8H,5-6,9-13H2,1-2H3/t18-/m0/s1. The number of amides is 1. The Morgan fingerprint density at radius 3 is 2.96 bits per heavy atom.